The maximum atomic E-state index is 8.71. The Labute approximate surface area is 74.8 Å². The highest BCUT2D eigenvalue weighted by molar-refractivity contribution is 4.71. The van der Waals surface area contributed by atoms with Gasteiger partial charge >= 0.3 is 0 Å². The molecule has 0 spiro atoms. The molecule has 1 aliphatic heterocycles. The highest BCUT2D eigenvalue weighted by Crippen LogP contribution is 2.10. The summed E-state index contributed by atoms with van der Waals surface area (Å²) < 4.78 is 0. The highest BCUT2D eigenvalue weighted by Gasteiger charge is 2.14. The van der Waals surface area contributed by atoms with Crippen LogP contribution in [0.3, 0.4) is 0 Å². The maximum absolute atomic E-state index is 8.71. The van der Waals surface area contributed by atoms with Crippen molar-refractivity contribution in [3.63, 3.8) is 0 Å². The van der Waals surface area contributed by atoms with E-state index in [4.69, 9.17) is 5.11 Å². The number of hydrogen-bond donors (Lipinski definition) is 2. The van der Waals surface area contributed by atoms with Gasteiger partial charge < -0.3 is 15.3 Å². The number of piperidine rings is 1. The lowest BCUT2D eigenvalue weighted by Crippen LogP contribution is -2.37. The number of nitrogens with zero attached hydrogens (tertiary/aromatic N) is 1. The SMILES string of the molecule is CN(CCO)CC1CCCNC1. The van der Waals surface area contributed by atoms with Crippen LogP contribution in [0.2, 0.25) is 0 Å². The van der Waals surface area contributed by atoms with Gasteiger partial charge in [-0.05, 0) is 38.9 Å². The Bertz CT molecular complexity index is 113. The number of hydrogen-bond acceptors (Lipinski definition) is 3. The van der Waals surface area contributed by atoms with Gasteiger partial charge in [0.1, 0.15) is 0 Å². The van der Waals surface area contributed by atoms with Gasteiger partial charge in [0.05, 0.1) is 6.61 Å². The third-order valence-corrected chi connectivity index (χ3v) is 2.45. The molecule has 1 saturated heterocycles. The summed E-state index contributed by atoms with van der Waals surface area (Å²) in [6.45, 7) is 4.52. The molecule has 3 nitrogen and oxygen atoms in total. The summed E-state index contributed by atoms with van der Waals surface area (Å²) in [5.74, 6) is 0.787. The van der Waals surface area contributed by atoms with E-state index in [2.05, 4.69) is 17.3 Å². The Hall–Kier alpha value is -0.120. The quantitative estimate of drug-likeness (QED) is 0.622. The number of rotatable bonds is 4. The molecule has 0 aliphatic carbocycles. The van der Waals surface area contributed by atoms with E-state index < -0.39 is 0 Å². The summed E-state index contributed by atoms with van der Waals surface area (Å²) >= 11 is 0. The van der Waals surface area contributed by atoms with Crippen molar-refractivity contribution in [3.8, 4) is 0 Å². The third-order valence-electron chi connectivity index (χ3n) is 2.45. The van der Waals surface area contributed by atoms with Crippen LogP contribution in [0.15, 0.2) is 0 Å². The van der Waals surface area contributed by atoms with Crippen molar-refractivity contribution in [2.45, 2.75) is 12.8 Å². The molecule has 0 amide bonds. The summed E-state index contributed by atoms with van der Waals surface area (Å²) in [6.07, 6.45) is 2.64. The fraction of sp³-hybridized carbons (Fsp3) is 1.00. The van der Waals surface area contributed by atoms with E-state index in [-0.39, 0.29) is 6.61 Å². The van der Waals surface area contributed by atoms with Crippen LogP contribution < -0.4 is 5.32 Å². The van der Waals surface area contributed by atoms with E-state index in [9.17, 15) is 0 Å². The first-order valence-corrected chi connectivity index (χ1v) is 4.83. The molecule has 0 bridgehead atoms. The van der Waals surface area contributed by atoms with E-state index in [1.54, 1.807) is 0 Å². The highest BCUT2D eigenvalue weighted by atomic mass is 16.3. The van der Waals surface area contributed by atoms with Crippen LogP contribution in [0.4, 0.5) is 0 Å². The number of aliphatic hydroxyl groups is 1. The summed E-state index contributed by atoms with van der Waals surface area (Å²) in [6, 6.07) is 0. The Balaban J connectivity index is 2.11. The second-order valence-electron chi connectivity index (χ2n) is 3.70. The monoisotopic (exact) mass is 172 g/mol. The lowest BCUT2D eigenvalue weighted by molar-refractivity contribution is 0.190. The van der Waals surface area contributed by atoms with Crippen LogP contribution in [-0.2, 0) is 0 Å². The lowest BCUT2D eigenvalue weighted by atomic mass is 9.99. The third kappa shape index (κ3) is 3.52. The summed E-state index contributed by atoms with van der Waals surface area (Å²) in [7, 11) is 2.07. The van der Waals surface area contributed by atoms with Gasteiger partial charge in [-0.3, -0.25) is 0 Å². The van der Waals surface area contributed by atoms with E-state index in [0.717, 1.165) is 25.6 Å². The van der Waals surface area contributed by atoms with Crippen LogP contribution in [0.25, 0.3) is 0 Å². The minimum atomic E-state index is 0.274. The second kappa shape index (κ2) is 5.51. The topological polar surface area (TPSA) is 35.5 Å². The molecule has 2 N–H and O–H groups in total. The van der Waals surface area contributed by atoms with Gasteiger partial charge in [-0.2, -0.15) is 0 Å². The molecule has 0 aromatic heterocycles. The van der Waals surface area contributed by atoms with Crippen molar-refractivity contribution >= 4 is 0 Å². The molecule has 0 saturated carbocycles. The molecule has 1 fully saturated rings. The maximum Gasteiger partial charge on any atom is 0.0558 e. The summed E-state index contributed by atoms with van der Waals surface area (Å²) in [5, 5.41) is 12.1. The van der Waals surface area contributed by atoms with Gasteiger partial charge in [-0.15, -0.1) is 0 Å². The smallest absolute Gasteiger partial charge is 0.0558 e. The van der Waals surface area contributed by atoms with Gasteiger partial charge in [0.2, 0.25) is 0 Å². The molecule has 0 aromatic rings. The molecule has 1 unspecified atom stereocenters. The summed E-state index contributed by atoms with van der Waals surface area (Å²) in [5.41, 5.74) is 0. The van der Waals surface area contributed by atoms with Crippen LogP contribution in [0.5, 0.6) is 0 Å². The van der Waals surface area contributed by atoms with Crippen molar-refractivity contribution in [3.05, 3.63) is 0 Å². The zero-order valence-electron chi connectivity index (χ0n) is 7.92. The number of aliphatic hydroxyl groups excluding tert-OH is 1. The van der Waals surface area contributed by atoms with Crippen molar-refractivity contribution in [1.82, 2.24) is 10.2 Å². The number of nitrogens with one attached hydrogen (secondary N) is 1. The van der Waals surface area contributed by atoms with E-state index in [1.165, 1.54) is 19.4 Å². The zero-order valence-corrected chi connectivity index (χ0v) is 7.92. The van der Waals surface area contributed by atoms with Crippen molar-refractivity contribution in [2.75, 3.05) is 39.8 Å². The average Bonchev–Trinajstić information content (AvgIpc) is 2.06. The fourth-order valence-corrected chi connectivity index (χ4v) is 1.78. The Kier molecular flexibility index (Phi) is 4.58. The van der Waals surface area contributed by atoms with Crippen molar-refractivity contribution < 1.29 is 5.11 Å². The molecule has 12 heavy (non-hydrogen) atoms. The minimum absolute atomic E-state index is 0.274. The first-order chi connectivity index (χ1) is 5.83. The van der Waals surface area contributed by atoms with Gasteiger partial charge in [-0.1, -0.05) is 0 Å². The Morgan fingerprint density at radius 2 is 2.42 bits per heavy atom. The molecule has 3 heteroatoms. The second-order valence-corrected chi connectivity index (χ2v) is 3.70. The van der Waals surface area contributed by atoms with Gasteiger partial charge in [-0.25, -0.2) is 0 Å². The Morgan fingerprint density at radius 3 is 3.00 bits per heavy atom. The normalized spacial score (nSPS) is 24.8. The van der Waals surface area contributed by atoms with Crippen LogP contribution in [0, 0.1) is 5.92 Å². The van der Waals surface area contributed by atoms with Crippen LogP contribution in [0.1, 0.15) is 12.8 Å². The molecular formula is C9H20N2O. The molecule has 1 rings (SSSR count). The molecule has 1 aliphatic rings. The number of likely N-dealkylation sites (N-methyl/N-ethyl adjacent to an activating group) is 1. The first-order valence-electron chi connectivity index (χ1n) is 4.83. The first kappa shape index (κ1) is 9.96. The van der Waals surface area contributed by atoms with Gasteiger partial charge in [0, 0.05) is 13.1 Å². The van der Waals surface area contributed by atoms with Crippen LogP contribution >= 0.6 is 0 Å². The van der Waals surface area contributed by atoms with E-state index >= 15 is 0 Å². The predicted molar refractivity (Wildman–Crippen MR) is 50.2 cm³/mol. The van der Waals surface area contributed by atoms with Gasteiger partial charge in [0.15, 0.2) is 0 Å². The van der Waals surface area contributed by atoms with E-state index in [0.29, 0.717) is 0 Å². The molecule has 0 aromatic carbocycles. The van der Waals surface area contributed by atoms with E-state index in [1.807, 2.05) is 0 Å². The minimum Gasteiger partial charge on any atom is -0.395 e. The summed E-state index contributed by atoms with van der Waals surface area (Å²) in [4.78, 5) is 2.21. The van der Waals surface area contributed by atoms with Gasteiger partial charge in [0.25, 0.3) is 0 Å². The molecule has 1 heterocycles. The van der Waals surface area contributed by atoms with Crippen molar-refractivity contribution in [2.24, 2.45) is 5.92 Å². The predicted octanol–water partition coefficient (Wildman–Crippen LogP) is -0.0899. The largest absolute Gasteiger partial charge is 0.395 e. The Morgan fingerprint density at radius 1 is 1.58 bits per heavy atom. The van der Waals surface area contributed by atoms with Crippen molar-refractivity contribution in [1.29, 1.82) is 0 Å². The molecule has 1 atom stereocenters. The molecule has 72 valence electrons. The molecular weight excluding hydrogens is 152 g/mol. The standard InChI is InChI=1S/C9H20N2O/c1-11(5-6-12)8-9-3-2-4-10-7-9/h9-10,12H,2-8H2,1H3. The lowest BCUT2D eigenvalue weighted by Gasteiger charge is -2.27. The zero-order chi connectivity index (χ0) is 8.81. The fourth-order valence-electron chi connectivity index (χ4n) is 1.78. The van der Waals surface area contributed by atoms with Crippen LogP contribution in [-0.4, -0.2) is 49.8 Å². The average molecular weight is 172 g/mol. The molecule has 0 radical (unpaired) electrons.